The van der Waals surface area contributed by atoms with Crippen molar-refractivity contribution in [1.29, 1.82) is 0 Å². The highest BCUT2D eigenvalue weighted by Crippen LogP contribution is 2.37. The van der Waals surface area contributed by atoms with Crippen molar-refractivity contribution in [1.82, 2.24) is 10.2 Å². The van der Waals surface area contributed by atoms with Gasteiger partial charge in [-0.05, 0) is 35.4 Å². The summed E-state index contributed by atoms with van der Waals surface area (Å²) in [5, 5.41) is 2.88. The number of nitrogens with one attached hydrogen (secondary N) is 1. The fourth-order valence-corrected chi connectivity index (χ4v) is 4.37. The van der Waals surface area contributed by atoms with Gasteiger partial charge in [0.2, 0.25) is 5.91 Å². The summed E-state index contributed by atoms with van der Waals surface area (Å²) in [5.74, 6) is -1.38. The molecule has 0 bridgehead atoms. The highest BCUT2D eigenvalue weighted by molar-refractivity contribution is 5.95. The van der Waals surface area contributed by atoms with E-state index in [-0.39, 0.29) is 31.4 Å². The predicted octanol–water partition coefficient (Wildman–Crippen LogP) is 4.89. The van der Waals surface area contributed by atoms with E-state index in [9.17, 15) is 22.8 Å². The van der Waals surface area contributed by atoms with E-state index in [1.54, 1.807) is 30.3 Å². The molecule has 0 aromatic heterocycles. The molecule has 0 aliphatic carbocycles. The molecule has 1 saturated heterocycles. The Kier molecular flexibility index (Phi) is 7.10. The fraction of sp³-hybridized carbons (Fsp3) is 0.259. The third-order valence-electron chi connectivity index (χ3n) is 6.21. The normalized spacial score (nSPS) is 17.8. The lowest BCUT2D eigenvalue weighted by Crippen LogP contribution is -2.35. The van der Waals surface area contributed by atoms with Crippen LogP contribution in [-0.2, 0) is 17.5 Å². The van der Waals surface area contributed by atoms with Crippen LogP contribution < -0.4 is 10.1 Å². The van der Waals surface area contributed by atoms with Crippen LogP contribution in [0.2, 0.25) is 0 Å². The van der Waals surface area contributed by atoms with Crippen LogP contribution in [0.3, 0.4) is 0 Å². The first-order chi connectivity index (χ1) is 16.8. The van der Waals surface area contributed by atoms with E-state index in [0.717, 1.165) is 17.7 Å². The van der Waals surface area contributed by atoms with Gasteiger partial charge in [0.05, 0.1) is 18.6 Å². The molecule has 8 heteroatoms. The molecule has 1 aliphatic rings. The lowest BCUT2D eigenvalue weighted by atomic mass is 9.87. The first-order valence-electron chi connectivity index (χ1n) is 11.2. The summed E-state index contributed by atoms with van der Waals surface area (Å²) in [6.45, 7) is 0.508. The Morgan fingerprint density at radius 2 is 1.71 bits per heavy atom. The minimum absolute atomic E-state index is 0.0948. The number of amides is 2. The lowest BCUT2D eigenvalue weighted by molar-refractivity contribution is -0.137. The lowest BCUT2D eigenvalue weighted by Gasteiger charge is -2.19. The quantitative estimate of drug-likeness (QED) is 0.545. The Labute approximate surface area is 201 Å². The average molecular weight is 483 g/mol. The van der Waals surface area contributed by atoms with Gasteiger partial charge in [-0.25, -0.2) is 0 Å². The minimum atomic E-state index is -4.50. The third kappa shape index (κ3) is 5.65. The molecule has 0 spiro atoms. The van der Waals surface area contributed by atoms with Crippen LogP contribution in [0.15, 0.2) is 78.9 Å². The molecular weight excluding hydrogens is 457 g/mol. The number of hydrogen-bond acceptors (Lipinski definition) is 3. The molecule has 1 heterocycles. The zero-order valence-corrected chi connectivity index (χ0v) is 19.1. The Morgan fingerprint density at radius 3 is 2.43 bits per heavy atom. The Morgan fingerprint density at radius 1 is 0.971 bits per heavy atom. The largest absolute Gasteiger partial charge is 0.497 e. The molecule has 0 saturated carbocycles. The second-order valence-electron chi connectivity index (χ2n) is 8.48. The van der Waals surface area contributed by atoms with Crippen molar-refractivity contribution in [3.05, 3.63) is 101 Å². The van der Waals surface area contributed by atoms with Crippen molar-refractivity contribution in [3.8, 4) is 5.75 Å². The van der Waals surface area contributed by atoms with Crippen molar-refractivity contribution in [2.45, 2.75) is 18.6 Å². The third-order valence-corrected chi connectivity index (χ3v) is 6.21. The van der Waals surface area contributed by atoms with Crippen LogP contribution in [0.25, 0.3) is 0 Å². The van der Waals surface area contributed by atoms with E-state index in [0.29, 0.717) is 16.9 Å². The number of hydrogen-bond donors (Lipinski definition) is 1. The highest BCUT2D eigenvalue weighted by Gasteiger charge is 2.41. The molecule has 3 aromatic rings. The summed E-state index contributed by atoms with van der Waals surface area (Å²) in [5.41, 5.74) is 0.882. The number of methoxy groups -OCH3 is 1. The predicted molar refractivity (Wildman–Crippen MR) is 125 cm³/mol. The van der Waals surface area contributed by atoms with E-state index >= 15 is 0 Å². The number of rotatable bonds is 6. The standard InChI is InChI=1S/C27H25F3N2O3/c1-35-22-12-6-10-20(14-22)26(34)32-16-23(19-9-5-11-21(13-19)27(28,29)30)24(17-32)25(33)31-15-18-7-3-2-4-8-18/h2-14,23-24H,15-17H2,1H3,(H,31,33)/t23-,24-/m0/s1. The Hall–Kier alpha value is -3.81. The molecule has 1 N–H and O–H groups in total. The number of carbonyl (C=O) groups is 2. The van der Waals surface area contributed by atoms with Gasteiger partial charge < -0.3 is 15.0 Å². The molecule has 1 fully saturated rings. The van der Waals surface area contributed by atoms with Gasteiger partial charge in [0.25, 0.3) is 5.91 Å². The molecule has 5 nitrogen and oxygen atoms in total. The first-order valence-corrected chi connectivity index (χ1v) is 11.2. The second kappa shape index (κ2) is 10.2. The topological polar surface area (TPSA) is 58.6 Å². The van der Waals surface area contributed by atoms with Gasteiger partial charge in [-0.3, -0.25) is 9.59 Å². The molecule has 4 rings (SSSR count). The number of carbonyl (C=O) groups excluding carboxylic acids is 2. The van der Waals surface area contributed by atoms with Crippen molar-refractivity contribution in [2.75, 3.05) is 20.2 Å². The zero-order chi connectivity index (χ0) is 25.0. The SMILES string of the molecule is COc1cccc(C(=O)N2C[C@H](C(=O)NCc3ccccc3)[C@H](c3cccc(C(F)(F)F)c3)C2)c1. The number of halogens is 3. The van der Waals surface area contributed by atoms with Gasteiger partial charge in [-0.15, -0.1) is 0 Å². The van der Waals surface area contributed by atoms with Crippen molar-refractivity contribution in [2.24, 2.45) is 5.92 Å². The van der Waals surface area contributed by atoms with Crippen molar-refractivity contribution in [3.63, 3.8) is 0 Å². The number of benzene rings is 3. The molecule has 0 unspecified atom stereocenters. The molecule has 182 valence electrons. The molecule has 2 atom stereocenters. The maximum absolute atomic E-state index is 13.4. The molecule has 3 aromatic carbocycles. The molecule has 0 radical (unpaired) electrons. The van der Waals surface area contributed by atoms with Gasteiger partial charge in [-0.1, -0.05) is 54.6 Å². The minimum Gasteiger partial charge on any atom is -0.497 e. The number of alkyl halides is 3. The van der Waals surface area contributed by atoms with Gasteiger partial charge in [0, 0.05) is 31.1 Å². The maximum Gasteiger partial charge on any atom is 0.416 e. The summed E-state index contributed by atoms with van der Waals surface area (Å²) < 4.78 is 45.3. The van der Waals surface area contributed by atoms with Crippen LogP contribution in [0.1, 0.15) is 33.0 Å². The maximum atomic E-state index is 13.4. The van der Waals surface area contributed by atoms with Crippen LogP contribution in [0, 0.1) is 5.92 Å². The number of ether oxygens (including phenoxy) is 1. The van der Waals surface area contributed by atoms with Crippen LogP contribution in [-0.4, -0.2) is 36.9 Å². The molecule has 1 aliphatic heterocycles. The second-order valence-corrected chi connectivity index (χ2v) is 8.48. The van der Waals surface area contributed by atoms with Crippen LogP contribution in [0.4, 0.5) is 13.2 Å². The summed E-state index contributed by atoms with van der Waals surface area (Å²) in [6.07, 6.45) is -4.50. The van der Waals surface area contributed by atoms with Gasteiger partial charge in [-0.2, -0.15) is 13.2 Å². The summed E-state index contributed by atoms with van der Waals surface area (Å²) in [6, 6.07) is 21.0. The zero-order valence-electron chi connectivity index (χ0n) is 19.1. The van der Waals surface area contributed by atoms with Crippen LogP contribution >= 0.6 is 0 Å². The average Bonchev–Trinajstić information content (AvgIpc) is 3.33. The summed E-state index contributed by atoms with van der Waals surface area (Å²) in [4.78, 5) is 27.9. The monoisotopic (exact) mass is 482 g/mol. The van der Waals surface area contributed by atoms with E-state index in [1.165, 1.54) is 18.1 Å². The first kappa shape index (κ1) is 24.3. The number of likely N-dealkylation sites (tertiary alicyclic amines) is 1. The Bertz CT molecular complexity index is 1200. The van der Waals surface area contributed by atoms with E-state index in [4.69, 9.17) is 4.74 Å². The van der Waals surface area contributed by atoms with Gasteiger partial charge in [0.15, 0.2) is 0 Å². The van der Waals surface area contributed by atoms with Gasteiger partial charge in [0.1, 0.15) is 5.75 Å². The number of nitrogens with zero attached hydrogens (tertiary/aromatic N) is 1. The fourth-order valence-electron chi connectivity index (χ4n) is 4.37. The highest BCUT2D eigenvalue weighted by atomic mass is 19.4. The summed E-state index contributed by atoms with van der Waals surface area (Å²) in [7, 11) is 1.50. The van der Waals surface area contributed by atoms with E-state index in [1.807, 2.05) is 30.3 Å². The smallest absolute Gasteiger partial charge is 0.416 e. The van der Waals surface area contributed by atoms with Crippen molar-refractivity contribution < 1.29 is 27.5 Å². The van der Waals surface area contributed by atoms with Gasteiger partial charge >= 0.3 is 6.18 Å². The van der Waals surface area contributed by atoms with E-state index < -0.39 is 23.6 Å². The Balaban J connectivity index is 1.60. The summed E-state index contributed by atoms with van der Waals surface area (Å²) >= 11 is 0. The molecule has 2 amide bonds. The van der Waals surface area contributed by atoms with Crippen molar-refractivity contribution >= 4 is 11.8 Å². The van der Waals surface area contributed by atoms with Crippen LogP contribution in [0.5, 0.6) is 5.75 Å². The molecule has 35 heavy (non-hydrogen) atoms. The van der Waals surface area contributed by atoms with E-state index in [2.05, 4.69) is 5.32 Å². The molecular formula is C27H25F3N2O3.